The number of carbonyl (C=O) groups is 3. The Balaban J connectivity index is 0.00000280. The number of carbonyl (C=O) groups excluding carboxylic acids is 3. The first-order valence-electron chi connectivity index (χ1n) is 9.60. The van der Waals surface area contributed by atoms with Crippen LogP contribution in [0.4, 0.5) is 5.69 Å². The summed E-state index contributed by atoms with van der Waals surface area (Å²) in [6.07, 6.45) is 4.02. The van der Waals surface area contributed by atoms with Gasteiger partial charge in [0.2, 0.25) is 5.91 Å². The maximum Gasteiger partial charge on any atom is 0.328 e. The second kappa shape index (κ2) is 10.4. The lowest BCUT2D eigenvalue weighted by Gasteiger charge is -2.33. The van der Waals surface area contributed by atoms with Gasteiger partial charge in [0.1, 0.15) is 6.04 Å². The molecule has 1 aromatic rings. The topological polar surface area (TPSA) is 87.7 Å². The molecule has 1 aromatic carbocycles. The van der Waals surface area contributed by atoms with Crippen molar-refractivity contribution in [1.82, 2.24) is 10.2 Å². The summed E-state index contributed by atoms with van der Waals surface area (Å²) < 4.78 is 4.85. The number of halogens is 1. The number of nitrogens with zero attached hydrogens (tertiary/aromatic N) is 1. The van der Waals surface area contributed by atoms with Gasteiger partial charge in [-0.3, -0.25) is 9.59 Å². The van der Waals surface area contributed by atoms with Crippen molar-refractivity contribution >= 4 is 35.9 Å². The SMILES string of the molecule is COC(=O)C1CCCCN1C(=O)c1cccc(NC(=O)C2CCNCC2)c1.Cl. The van der Waals surface area contributed by atoms with E-state index >= 15 is 0 Å². The van der Waals surface area contributed by atoms with Gasteiger partial charge in [-0.15, -0.1) is 12.4 Å². The first-order valence-corrected chi connectivity index (χ1v) is 9.60. The molecule has 2 fully saturated rings. The fourth-order valence-electron chi connectivity index (χ4n) is 3.78. The maximum atomic E-state index is 13.0. The van der Waals surface area contributed by atoms with Crippen LogP contribution in [-0.4, -0.2) is 55.5 Å². The number of amides is 2. The zero-order valence-electron chi connectivity index (χ0n) is 16.1. The average Bonchev–Trinajstić information content (AvgIpc) is 2.73. The number of piperidine rings is 2. The Morgan fingerprint density at radius 3 is 2.61 bits per heavy atom. The standard InChI is InChI=1S/C20H27N3O4.ClH/c1-27-20(26)17-7-2-3-12-23(17)19(25)15-5-4-6-16(13-15)22-18(24)14-8-10-21-11-9-14;/h4-6,13-14,17,21H,2-3,7-12H2,1H3,(H,22,24);1H. The Hall–Kier alpha value is -2.12. The van der Waals surface area contributed by atoms with Crippen molar-refractivity contribution in [3.05, 3.63) is 29.8 Å². The van der Waals surface area contributed by atoms with Gasteiger partial charge in [-0.1, -0.05) is 6.07 Å². The molecule has 2 heterocycles. The quantitative estimate of drug-likeness (QED) is 0.744. The summed E-state index contributed by atoms with van der Waals surface area (Å²) >= 11 is 0. The number of nitrogens with one attached hydrogen (secondary N) is 2. The summed E-state index contributed by atoms with van der Waals surface area (Å²) in [4.78, 5) is 39.0. The molecule has 0 spiro atoms. The van der Waals surface area contributed by atoms with Gasteiger partial charge in [0.25, 0.3) is 5.91 Å². The zero-order chi connectivity index (χ0) is 19.2. The Labute approximate surface area is 171 Å². The van der Waals surface area contributed by atoms with E-state index < -0.39 is 6.04 Å². The molecule has 0 aliphatic carbocycles. The summed E-state index contributed by atoms with van der Waals surface area (Å²) in [5.74, 6) is -0.593. The van der Waals surface area contributed by atoms with Crippen molar-refractivity contribution in [2.24, 2.45) is 5.92 Å². The van der Waals surface area contributed by atoms with Crippen LogP contribution in [0.25, 0.3) is 0 Å². The van der Waals surface area contributed by atoms with Crippen molar-refractivity contribution in [2.75, 3.05) is 32.1 Å². The third-order valence-electron chi connectivity index (χ3n) is 5.32. The van der Waals surface area contributed by atoms with Crippen LogP contribution in [0.1, 0.15) is 42.5 Å². The van der Waals surface area contributed by atoms with E-state index in [0.29, 0.717) is 24.2 Å². The number of ether oxygens (including phenoxy) is 1. The van der Waals surface area contributed by atoms with E-state index in [4.69, 9.17) is 4.74 Å². The van der Waals surface area contributed by atoms with Crippen molar-refractivity contribution in [3.63, 3.8) is 0 Å². The molecular weight excluding hydrogens is 382 g/mol. The second-order valence-electron chi connectivity index (χ2n) is 7.13. The number of methoxy groups -OCH3 is 1. The average molecular weight is 410 g/mol. The predicted octanol–water partition coefficient (Wildman–Crippen LogP) is 2.21. The fraction of sp³-hybridized carbons (Fsp3) is 0.550. The Morgan fingerprint density at radius 2 is 1.89 bits per heavy atom. The summed E-state index contributed by atoms with van der Waals surface area (Å²) in [6.45, 7) is 2.23. The first-order chi connectivity index (χ1) is 13.1. The summed E-state index contributed by atoms with van der Waals surface area (Å²) in [6, 6.07) is 6.39. The van der Waals surface area contributed by atoms with Gasteiger partial charge in [0, 0.05) is 23.7 Å². The molecule has 0 aromatic heterocycles. The number of likely N-dealkylation sites (tertiary alicyclic amines) is 1. The number of anilines is 1. The van der Waals surface area contributed by atoms with Crippen LogP contribution in [0.15, 0.2) is 24.3 Å². The fourth-order valence-corrected chi connectivity index (χ4v) is 3.78. The van der Waals surface area contributed by atoms with E-state index in [1.165, 1.54) is 7.11 Å². The van der Waals surface area contributed by atoms with Gasteiger partial charge >= 0.3 is 5.97 Å². The number of benzene rings is 1. The van der Waals surface area contributed by atoms with E-state index in [1.807, 2.05) is 0 Å². The van der Waals surface area contributed by atoms with E-state index in [9.17, 15) is 14.4 Å². The van der Waals surface area contributed by atoms with Crippen LogP contribution < -0.4 is 10.6 Å². The minimum Gasteiger partial charge on any atom is -0.467 e. The molecule has 0 saturated carbocycles. The highest BCUT2D eigenvalue weighted by atomic mass is 35.5. The highest BCUT2D eigenvalue weighted by Crippen LogP contribution is 2.22. The molecule has 2 N–H and O–H groups in total. The van der Waals surface area contributed by atoms with Crippen LogP contribution in [-0.2, 0) is 14.3 Å². The van der Waals surface area contributed by atoms with Crippen LogP contribution in [0.5, 0.6) is 0 Å². The number of rotatable bonds is 4. The smallest absolute Gasteiger partial charge is 0.328 e. The number of hydrogen-bond donors (Lipinski definition) is 2. The Bertz CT molecular complexity index is 706. The predicted molar refractivity (Wildman–Crippen MR) is 109 cm³/mol. The lowest BCUT2D eigenvalue weighted by atomic mass is 9.97. The number of hydrogen-bond acceptors (Lipinski definition) is 5. The normalized spacial score (nSPS) is 20.0. The molecule has 8 heteroatoms. The van der Waals surface area contributed by atoms with Crippen molar-refractivity contribution in [2.45, 2.75) is 38.1 Å². The van der Waals surface area contributed by atoms with Crippen molar-refractivity contribution in [1.29, 1.82) is 0 Å². The van der Waals surface area contributed by atoms with E-state index in [2.05, 4.69) is 10.6 Å². The minimum absolute atomic E-state index is 0. The molecule has 2 aliphatic heterocycles. The van der Waals surface area contributed by atoms with Crippen molar-refractivity contribution in [3.8, 4) is 0 Å². The van der Waals surface area contributed by atoms with Gasteiger partial charge < -0.3 is 20.3 Å². The molecular formula is C20H28ClN3O4. The number of esters is 1. The highest BCUT2D eigenvalue weighted by molar-refractivity contribution is 5.99. The first kappa shape index (κ1) is 22.2. The lowest BCUT2D eigenvalue weighted by Crippen LogP contribution is -2.48. The van der Waals surface area contributed by atoms with Gasteiger partial charge in [-0.25, -0.2) is 4.79 Å². The molecule has 1 atom stereocenters. The molecule has 0 radical (unpaired) electrons. The Kier molecular flexibility index (Phi) is 8.26. The van der Waals surface area contributed by atoms with Gasteiger partial charge in [-0.05, 0) is 63.4 Å². The van der Waals surface area contributed by atoms with Crippen LogP contribution >= 0.6 is 12.4 Å². The molecule has 28 heavy (non-hydrogen) atoms. The summed E-state index contributed by atoms with van der Waals surface area (Å²) in [5.41, 5.74) is 1.07. The van der Waals surface area contributed by atoms with Gasteiger partial charge in [0.15, 0.2) is 0 Å². The molecule has 0 bridgehead atoms. The molecule has 7 nitrogen and oxygen atoms in total. The zero-order valence-corrected chi connectivity index (χ0v) is 16.9. The Morgan fingerprint density at radius 1 is 1.14 bits per heavy atom. The molecule has 3 rings (SSSR count). The van der Waals surface area contributed by atoms with Crippen LogP contribution in [0.2, 0.25) is 0 Å². The summed E-state index contributed by atoms with van der Waals surface area (Å²) in [7, 11) is 1.34. The monoisotopic (exact) mass is 409 g/mol. The maximum absolute atomic E-state index is 13.0. The molecule has 2 aliphatic rings. The molecule has 2 amide bonds. The largest absolute Gasteiger partial charge is 0.467 e. The van der Waals surface area contributed by atoms with Crippen LogP contribution in [0.3, 0.4) is 0 Å². The highest BCUT2D eigenvalue weighted by Gasteiger charge is 2.33. The lowest BCUT2D eigenvalue weighted by molar-refractivity contribution is -0.147. The molecule has 154 valence electrons. The van der Waals surface area contributed by atoms with E-state index in [1.54, 1.807) is 29.2 Å². The van der Waals surface area contributed by atoms with Crippen LogP contribution in [0, 0.1) is 5.92 Å². The van der Waals surface area contributed by atoms with Crippen molar-refractivity contribution < 1.29 is 19.1 Å². The van der Waals surface area contributed by atoms with Gasteiger partial charge in [0.05, 0.1) is 7.11 Å². The third-order valence-corrected chi connectivity index (χ3v) is 5.32. The third kappa shape index (κ3) is 5.23. The van der Waals surface area contributed by atoms with E-state index in [-0.39, 0.29) is 36.1 Å². The molecule has 2 saturated heterocycles. The second-order valence-corrected chi connectivity index (χ2v) is 7.13. The molecule has 1 unspecified atom stereocenters. The van der Waals surface area contributed by atoms with E-state index in [0.717, 1.165) is 38.8 Å². The minimum atomic E-state index is -0.538. The van der Waals surface area contributed by atoms with Gasteiger partial charge in [-0.2, -0.15) is 0 Å². The summed E-state index contributed by atoms with van der Waals surface area (Å²) in [5, 5.41) is 6.17.